The van der Waals surface area contributed by atoms with Gasteiger partial charge in [0.1, 0.15) is 5.60 Å². The lowest BCUT2D eigenvalue weighted by atomic mass is 9.85. The summed E-state index contributed by atoms with van der Waals surface area (Å²) in [6.45, 7) is 1.49. The number of rotatable bonds is 6. The quantitative estimate of drug-likeness (QED) is 0.643. The summed E-state index contributed by atoms with van der Waals surface area (Å²) < 4.78 is 5.54. The Bertz CT molecular complexity index is 582. The van der Waals surface area contributed by atoms with Gasteiger partial charge in [0.2, 0.25) is 5.91 Å². The van der Waals surface area contributed by atoms with Crippen molar-refractivity contribution in [2.24, 2.45) is 5.92 Å². The third-order valence-corrected chi connectivity index (χ3v) is 5.26. The van der Waals surface area contributed by atoms with Gasteiger partial charge < -0.3 is 15.0 Å². The standard InChI is InChI=1S/C19H26N2O3/c1-21(15-8-3-2-4-9-15)13-7-12-20-18(23)16-14-17(22)24-19(16)10-5-6-11-19/h2-4,8-9,16H,5-7,10-14H2,1H3,(H,20,23). The Morgan fingerprint density at radius 3 is 2.71 bits per heavy atom. The molecule has 1 aromatic rings. The Labute approximate surface area is 143 Å². The van der Waals surface area contributed by atoms with Gasteiger partial charge >= 0.3 is 5.97 Å². The largest absolute Gasteiger partial charge is 0.458 e. The fraction of sp³-hybridized carbons (Fsp3) is 0.579. The van der Waals surface area contributed by atoms with Gasteiger partial charge in [-0.1, -0.05) is 18.2 Å². The third-order valence-electron chi connectivity index (χ3n) is 5.26. The number of carbonyl (C=O) groups is 2. The van der Waals surface area contributed by atoms with Crippen LogP contribution in [-0.4, -0.2) is 37.6 Å². The number of hydrogen-bond donors (Lipinski definition) is 1. The highest BCUT2D eigenvalue weighted by Gasteiger charge is 2.53. The van der Waals surface area contributed by atoms with E-state index in [1.807, 2.05) is 25.2 Å². The average Bonchev–Trinajstić information content (AvgIpc) is 3.19. The Morgan fingerprint density at radius 2 is 2.00 bits per heavy atom. The first-order chi connectivity index (χ1) is 11.6. The molecule has 0 radical (unpaired) electrons. The summed E-state index contributed by atoms with van der Waals surface area (Å²) in [6, 6.07) is 10.2. The Kier molecular flexibility index (Phi) is 5.07. The van der Waals surface area contributed by atoms with Gasteiger partial charge in [-0.15, -0.1) is 0 Å². The van der Waals surface area contributed by atoms with Crippen molar-refractivity contribution < 1.29 is 14.3 Å². The van der Waals surface area contributed by atoms with Crippen molar-refractivity contribution in [1.82, 2.24) is 5.32 Å². The predicted molar refractivity (Wildman–Crippen MR) is 92.7 cm³/mol. The molecular formula is C19H26N2O3. The van der Waals surface area contributed by atoms with Gasteiger partial charge in [-0.2, -0.15) is 0 Å². The van der Waals surface area contributed by atoms with E-state index >= 15 is 0 Å². The van der Waals surface area contributed by atoms with E-state index in [1.165, 1.54) is 5.69 Å². The smallest absolute Gasteiger partial charge is 0.307 e. The number of nitrogens with zero attached hydrogens (tertiary/aromatic N) is 1. The summed E-state index contributed by atoms with van der Waals surface area (Å²) in [7, 11) is 2.05. The topological polar surface area (TPSA) is 58.6 Å². The first kappa shape index (κ1) is 16.8. The van der Waals surface area contributed by atoms with Crippen LogP contribution in [-0.2, 0) is 14.3 Å². The maximum absolute atomic E-state index is 12.5. The number of hydrogen-bond acceptors (Lipinski definition) is 4. The van der Waals surface area contributed by atoms with E-state index in [9.17, 15) is 9.59 Å². The van der Waals surface area contributed by atoms with Crippen molar-refractivity contribution >= 4 is 17.6 Å². The van der Waals surface area contributed by atoms with E-state index in [-0.39, 0.29) is 24.2 Å². The Morgan fingerprint density at radius 1 is 1.29 bits per heavy atom. The van der Waals surface area contributed by atoms with E-state index in [1.54, 1.807) is 0 Å². The van der Waals surface area contributed by atoms with Crippen molar-refractivity contribution in [2.45, 2.75) is 44.1 Å². The zero-order chi connectivity index (χ0) is 17.0. The van der Waals surface area contributed by atoms with E-state index in [0.717, 1.165) is 38.6 Å². The van der Waals surface area contributed by atoms with Gasteiger partial charge in [-0.05, 0) is 44.2 Å². The van der Waals surface area contributed by atoms with E-state index in [0.29, 0.717) is 6.54 Å². The van der Waals surface area contributed by atoms with E-state index in [2.05, 4.69) is 22.3 Å². The highest BCUT2D eigenvalue weighted by Crippen LogP contribution is 2.45. The summed E-state index contributed by atoms with van der Waals surface area (Å²) in [5, 5.41) is 3.01. The first-order valence-electron chi connectivity index (χ1n) is 8.86. The van der Waals surface area contributed by atoms with Crippen molar-refractivity contribution in [3.8, 4) is 0 Å². The van der Waals surface area contributed by atoms with Crippen LogP contribution >= 0.6 is 0 Å². The maximum atomic E-state index is 12.5. The van der Waals surface area contributed by atoms with Crippen LogP contribution in [0, 0.1) is 5.92 Å². The molecule has 24 heavy (non-hydrogen) atoms. The SMILES string of the molecule is CN(CCCNC(=O)C1CC(=O)OC12CCCC2)c1ccccc1. The van der Waals surface area contributed by atoms with Crippen molar-refractivity contribution in [2.75, 3.05) is 25.0 Å². The van der Waals surface area contributed by atoms with Gasteiger partial charge in [0.25, 0.3) is 0 Å². The second-order valence-electron chi connectivity index (χ2n) is 6.90. The molecule has 1 atom stereocenters. The molecule has 1 N–H and O–H groups in total. The highest BCUT2D eigenvalue weighted by atomic mass is 16.6. The maximum Gasteiger partial charge on any atom is 0.307 e. The molecule has 1 heterocycles. The number of para-hydroxylation sites is 1. The van der Waals surface area contributed by atoms with Crippen LogP contribution in [0.5, 0.6) is 0 Å². The van der Waals surface area contributed by atoms with Crippen LogP contribution in [0.15, 0.2) is 30.3 Å². The molecule has 1 aliphatic heterocycles. The molecule has 2 aliphatic rings. The minimum Gasteiger partial charge on any atom is -0.458 e. The zero-order valence-electron chi connectivity index (χ0n) is 14.3. The molecule has 0 bridgehead atoms. The number of anilines is 1. The highest BCUT2D eigenvalue weighted by molar-refractivity contribution is 5.87. The lowest BCUT2D eigenvalue weighted by Gasteiger charge is -2.28. The number of nitrogens with one attached hydrogen (secondary N) is 1. The number of amides is 1. The Hall–Kier alpha value is -2.04. The monoisotopic (exact) mass is 330 g/mol. The van der Waals surface area contributed by atoms with Crippen LogP contribution in [0.3, 0.4) is 0 Å². The minimum atomic E-state index is -0.512. The molecule has 5 heteroatoms. The summed E-state index contributed by atoms with van der Waals surface area (Å²) >= 11 is 0. The second-order valence-corrected chi connectivity index (χ2v) is 6.90. The Balaban J connectivity index is 1.45. The second kappa shape index (κ2) is 7.24. The zero-order valence-corrected chi connectivity index (χ0v) is 14.3. The molecule has 1 unspecified atom stereocenters. The molecule has 1 aliphatic carbocycles. The van der Waals surface area contributed by atoms with Crippen molar-refractivity contribution in [3.63, 3.8) is 0 Å². The molecular weight excluding hydrogens is 304 g/mol. The van der Waals surface area contributed by atoms with Crippen LogP contribution in [0.4, 0.5) is 5.69 Å². The van der Waals surface area contributed by atoms with E-state index < -0.39 is 5.60 Å². The molecule has 1 saturated carbocycles. The molecule has 5 nitrogen and oxygen atoms in total. The number of ether oxygens (including phenoxy) is 1. The number of benzene rings is 1. The third kappa shape index (κ3) is 3.55. The predicted octanol–water partition coefficient (Wildman–Crippen LogP) is 2.51. The molecule has 2 fully saturated rings. The van der Waals surface area contributed by atoms with Gasteiger partial charge in [0.05, 0.1) is 12.3 Å². The van der Waals surface area contributed by atoms with Crippen molar-refractivity contribution in [1.29, 1.82) is 0 Å². The van der Waals surface area contributed by atoms with E-state index in [4.69, 9.17) is 4.74 Å². The minimum absolute atomic E-state index is 0.0230. The fourth-order valence-electron chi connectivity index (χ4n) is 3.91. The molecule has 1 amide bonds. The molecule has 130 valence electrons. The summed E-state index contributed by atoms with van der Waals surface area (Å²) in [5.41, 5.74) is 0.658. The average molecular weight is 330 g/mol. The summed E-state index contributed by atoms with van der Waals surface area (Å²) in [5.74, 6) is -0.551. The van der Waals surface area contributed by atoms with Crippen LogP contribution in [0.2, 0.25) is 0 Å². The van der Waals surface area contributed by atoms with Crippen LogP contribution in [0.25, 0.3) is 0 Å². The van der Waals surface area contributed by atoms with Gasteiger partial charge in [-0.25, -0.2) is 0 Å². The molecule has 3 rings (SSSR count). The van der Waals surface area contributed by atoms with Crippen molar-refractivity contribution in [3.05, 3.63) is 30.3 Å². The van der Waals surface area contributed by atoms with Crippen LogP contribution < -0.4 is 10.2 Å². The van der Waals surface area contributed by atoms with Crippen LogP contribution in [0.1, 0.15) is 38.5 Å². The van der Waals surface area contributed by atoms with Gasteiger partial charge in [-0.3, -0.25) is 9.59 Å². The first-order valence-corrected chi connectivity index (χ1v) is 8.86. The molecule has 1 saturated heterocycles. The lowest BCUT2D eigenvalue weighted by molar-refractivity contribution is -0.149. The summed E-state index contributed by atoms with van der Waals surface area (Å²) in [6.07, 6.45) is 4.83. The number of esters is 1. The summed E-state index contributed by atoms with van der Waals surface area (Å²) in [4.78, 5) is 26.4. The molecule has 1 aromatic carbocycles. The normalized spacial score (nSPS) is 21.7. The molecule has 0 aromatic heterocycles. The number of carbonyl (C=O) groups excluding carboxylic acids is 2. The van der Waals surface area contributed by atoms with Gasteiger partial charge in [0.15, 0.2) is 0 Å². The lowest BCUT2D eigenvalue weighted by Crippen LogP contribution is -2.43. The fourth-order valence-corrected chi connectivity index (χ4v) is 3.91. The molecule has 1 spiro atoms. The van der Waals surface area contributed by atoms with Gasteiger partial charge in [0, 0.05) is 25.8 Å².